The molecule has 0 spiro atoms. The summed E-state index contributed by atoms with van der Waals surface area (Å²) in [6.07, 6.45) is 7.72. The zero-order valence-corrected chi connectivity index (χ0v) is 14.2. The van der Waals surface area contributed by atoms with Crippen molar-refractivity contribution < 1.29 is 4.74 Å². The molecule has 1 rings (SSSR count). The fraction of sp³-hybridized carbons (Fsp3) is 0.722. The number of rotatable bonds is 11. The van der Waals surface area contributed by atoms with E-state index in [1.807, 2.05) is 6.07 Å². The Morgan fingerprint density at radius 2 is 1.81 bits per heavy atom. The van der Waals surface area contributed by atoms with E-state index in [0.29, 0.717) is 6.04 Å². The first-order chi connectivity index (χ1) is 10.1. The van der Waals surface area contributed by atoms with Gasteiger partial charge in [0.25, 0.3) is 0 Å². The molecule has 0 amide bonds. The second-order valence-corrected chi connectivity index (χ2v) is 6.05. The lowest BCUT2D eigenvalue weighted by Crippen LogP contribution is -2.22. The molecular weight excluding hydrogens is 260 g/mol. The van der Waals surface area contributed by atoms with E-state index in [4.69, 9.17) is 4.74 Å². The lowest BCUT2D eigenvalue weighted by atomic mass is 10.1. The molecule has 3 nitrogen and oxygen atoms in total. The van der Waals surface area contributed by atoms with Gasteiger partial charge in [-0.05, 0) is 18.9 Å². The summed E-state index contributed by atoms with van der Waals surface area (Å²) in [6.45, 7) is 10.3. The normalized spacial score (nSPS) is 11.1. The Morgan fingerprint density at radius 1 is 1.10 bits per heavy atom. The van der Waals surface area contributed by atoms with Crippen LogP contribution in [0.2, 0.25) is 0 Å². The van der Waals surface area contributed by atoms with Gasteiger partial charge >= 0.3 is 0 Å². The zero-order valence-electron chi connectivity index (χ0n) is 14.2. The molecule has 0 aliphatic rings. The number of aryl methyl sites for hydroxylation is 1. The summed E-state index contributed by atoms with van der Waals surface area (Å²) in [6, 6.07) is 4.60. The molecule has 1 N–H and O–H groups in total. The number of pyridine rings is 1. The SMILES string of the molecule is CCCCCCCCOc1ccc(CNC(C)C)c(C)n1. The van der Waals surface area contributed by atoms with Gasteiger partial charge in [-0.3, -0.25) is 0 Å². The van der Waals surface area contributed by atoms with Crippen molar-refractivity contribution in [1.29, 1.82) is 0 Å². The number of nitrogens with zero attached hydrogens (tertiary/aromatic N) is 1. The molecule has 0 saturated carbocycles. The first kappa shape index (κ1) is 18.0. The average Bonchev–Trinajstić information content (AvgIpc) is 2.45. The van der Waals surface area contributed by atoms with Crippen LogP contribution < -0.4 is 10.1 Å². The van der Waals surface area contributed by atoms with Gasteiger partial charge in [-0.25, -0.2) is 4.98 Å². The van der Waals surface area contributed by atoms with E-state index in [1.165, 1.54) is 37.7 Å². The van der Waals surface area contributed by atoms with Gasteiger partial charge in [0, 0.05) is 24.3 Å². The molecule has 0 aliphatic heterocycles. The van der Waals surface area contributed by atoms with E-state index in [2.05, 4.69) is 44.1 Å². The molecule has 21 heavy (non-hydrogen) atoms. The third-order valence-corrected chi connectivity index (χ3v) is 3.62. The lowest BCUT2D eigenvalue weighted by Gasteiger charge is -2.11. The summed E-state index contributed by atoms with van der Waals surface area (Å²) in [5, 5.41) is 3.42. The Bertz CT molecular complexity index is 391. The van der Waals surface area contributed by atoms with Crippen molar-refractivity contribution >= 4 is 0 Å². The topological polar surface area (TPSA) is 34.1 Å². The number of ether oxygens (including phenoxy) is 1. The van der Waals surface area contributed by atoms with Crippen LogP contribution in [0, 0.1) is 6.92 Å². The van der Waals surface area contributed by atoms with Crippen LogP contribution in [0.1, 0.15) is 70.6 Å². The van der Waals surface area contributed by atoms with Crippen LogP contribution in [0.15, 0.2) is 12.1 Å². The average molecular weight is 292 g/mol. The summed E-state index contributed by atoms with van der Waals surface area (Å²) in [5.74, 6) is 0.759. The van der Waals surface area contributed by atoms with Crippen molar-refractivity contribution in [1.82, 2.24) is 10.3 Å². The molecule has 3 heteroatoms. The van der Waals surface area contributed by atoms with Crippen molar-refractivity contribution in [3.63, 3.8) is 0 Å². The highest BCUT2D eigenvalue weighted by molar-refractivity contribution is 5.24. The minimum Gasteiger partial charge on any atom is -0.478 e. The fourth-order valence-electron chi connectivity index (χ4n) is 2.21. The van der Waals surface area contributed by atoms with E-state index < -0.39 is 0 Å². The number of hydrogen-bond donors (Lipinski definition) is 1. The molecule has 1 heterocycles. The number of aromatic nitrogens is 1. The molecule has 1 aromatic rings. The van der Waals surface area contributed by atoms with Crippen molar-refractivity contribution in [2.24, 2.45) is 0 Å². The maximum Gasteiger partial charge on any atom is 0.213 e. The van der Waals surface area contributed by atoms with Crippen LogP contribution in [0.25, 0.3) is 0 Å². The van der Waals surface area contributed by atoms with E-state index >= 15 is 0 Å². The zero-order chi connectivity index (χ0) is 15.5. The molecule has 0 saturated heterocycles. The highest BCUT2D eigenvalue weighted by atomic mass is 16.5. The Kier molecular flexibility index (Phi) is 9.07. The van der Waals surface area contributed by atoms with E-state index in [9.17, 15) is 0 Å². The predicted molar refractivity (Wildman–Crippen MR) is 89.8 cm³/mol. The van der Waals surface area contributed by atoms with Crippen molar-refractivity contribution in [3.8, 4) is 5.88 Å². The van der Waals surface area contributed by atoms with Crippen LogP contribution in [0.5, 0.6) is 5.88 Å². The van der Waals surface area contributed by atoms with Gasteiger partial charge < -0.3 is 10.1 Å². The summed E-state index contributed by atoms with van der Waals surface area (Å²) >= 11 is 0. The third kappa shape index (κ3) is 8.05. The summed E-state index contributed by atoms with van der Waals surface area (Å²) in [4.78, 5) is 4.54. The monoisotopic (exact) mass is 292 g/mol. The molecule has 0 fully saturated rings. The standard InChI is InChI=1S/C18H32N2O/c1-5-6-7-8-9-10-13-21-18-12-11-17(16(4)20-18)14-19-15(2)3/h11-12,15,19H,5-10,13-14H2,1-4H3. The first-order valence-corrected chi connectivity index (χ1v) is 8.46. The number of nitrogens with one attached hydrogen (secondary N) is 1. The third-order valence-electron chi connectivity index (χ3n) is 3.62. The van der Waals surface area contributed by atoms with Gasteiger partial charge in [0.2, 0.25) is 5.88 Å². The van der Waals surface area contributed by atoms with Crippen molar-refractivity contribution in [3.05, 3.63) is 23.4 Å². The minimum atomic E-state index is 0.494. The van der Waals surface area contributed by atoms with Crippen molar-refractivity contribution in [2.75, 3.05) is 6.61 Å². The highest BCUT2D eigenvalue weighted by Crippen LogP contribution is 2.13. The summed E-state index contributed by atoms with van der Waals surface area (Å²) in [5.41, 5.74) is 2.30. The van der Waals surface area contributed by atoms with E-state index in [1.54, 1.807) is 0 Å². The maximum atomic E-state index is 5.74. The largest absolute Gasteiger partial charge is 0.478 e. The molecule has 0 aromatic carbocycles. The van der Waals surface area contributed by atoms with Gasteiger partial charge in [0.05, 0.1) is 6.61 Å². The molecule has 0 radical (unpaired) electrons. The minimum absolute atomic E-state index is 0.494. The van der Waals surface area contributed by atoms with Gasteiger partial charge in [-0.15, -0.1) is 0 Å². The molecule has 0 atom stereocenters. The molecular formula is C18H32N2O. The Labute approximate surface area is 130 Å². The van der Waals surface area contributed by atoms with Crippen LogP contribution >= 0.6 is 0 Å². The van der Waals surface area contributed by atoms with Gasteiger partial charge in [-0.1, -0.05) is 58.9 Å². The van der Waals surface area contributed by atoms with E-state index in [0.717, 1.165) is 31.1 Å². The quantitative estimate of drug-likeness (QED) is 0.604. The second kappa shape index (κ2) is 10.6. The van der Waals surface area contributed by atoms with Gasteiger partial charge in [0.15, 0.2) is 0 Å². The van der Waals surface area contributed by atoms with Crippen molar-refractivity contribution in [2.45, 2.75) is 78.8 Å². The molecule has 1 aromatic heterocycles. The highest BCUT2D eigenvalue weighted by Gasteiger charge is 2.03. The molecule has 0 aliphatic carbocycles. The van der Waals surface area contributed by atoms with Crippen LogP contribution in [-0.4, -0.2) is 17.6 Å². The summed E-state index contributed by atoms with van der Waals surface area (Å²) < 4.78 is 5.74. The van der Waals surface area contributed by atoms with Crippen LogP contribution in [0.4, 0.5) is 0 Å². The number of hydrogen-bond acceptors (Lipinski definition) is 3. The van der Waals surface area contributed by atoms with Gasteiger partial charge in [0.1, 0.15) is 0 Å². The maximum absolute atomic E-state index is 5.74. The second-order valence-electron chi connectivity index (χ2n) is 6.05. The number of unbranched alkanes of at least 4 members (excludes halogenated alkanes) is 5. The van der Waals surface area contributed by atoms with E-state index in [-0.39, 0.29) is 0 Å². The van der Waals surface area contributed by atoms with Crippen LogP contribution in [0.3, 0.4) is 0 Å². The first-order valence-electron chi connectivity index (χ1n) is 8.46. The van der Waals surface area contributed by atoms with Gasteiger partial charge in [-0.2, -0.15) is 0 Å². The molecule has 0 unspecified atom stereocenters. The summed E-state index contributed by atoms with van der Waals surface area (Å²) in [7, 11) is 0. The Hall–Kier alpha value is -1.09. The Balaban J connectivity index is 2.25. The molecule has 0 bridgehead atoms. The Morgan fingerprint density at radius 3 is 2.48 bits per heavy atom. The lowest BCUT2D eigenvalue weighted by molar-refractivity contribution is 0.292. The molecule has 120 valence electrons. The predicted octanol–water partition coefficient (Wildman–Crippen LogP) is 4.63. The fourth-order valence-corrected chi connectivity index (χ4v) is 2.21. The smallest absolute Gasteiger partial charge is 0.213 e. The van der Waals surface area contributed by atoms with Crippen LogP contribution in [-0.2, 0) is 6.54 Å².